The Kier molecular flexibility index (Phi) is 4.66. The lowest BCUT2D eigenvalue weighted by Gasteiger charge is -2.24. The second-order valence-corrected chi connectivity index (χ2v) is 6.86. The molecule has 2 aliphatic carbocycles. The van der Waals surface area contributed by atoms with Gasteiger partial charge in [0.05, 0.1) is 0 Å². The van der Waals surface area contributed by atoms with E-state index in [1.165, 1.54) is 25.7 Å². The molecule has 1 saturated heterocycles. The van der Waals surface area contributed by atoms with Gasteiger partial charge < -0.3 is 15.5 Å². The molecule has 21 heavy (non-hydrogen) atoms. The van der Waals surface area contributed by atoms with E-state index in [0.717, 1.165) is 44.2 Å². The first-order chi connectivity index (χ1) is 10.2. The zero-order valence-corrected chi connectivity index (χ0v) is 12.8. The van der Waals surface area contributed by atoms with Gasteiger partial charge in [-0.15, -0.1) is 0 Å². The average Bonchev–Trinajstić information content (AvgIpc) is 2.96. The van der Waals surface area contributed by atoms with Gasteiger partial charge in [-0.05, 0) is 43.9 Å². The molecule has 118 valence electrons. The summed E-state index contributed by atoms with van der Waals surface area (Å²) in [7, 11) is 0. The molecule has 3 amide bonds. The molecule has 0 spiro atoms. The lowest BCUT2D eigenvalue weighted by molar-refractivity contribution is -0.127. The van der Waals surface area contributed by atoms with E-state index in [-0.39, 0.29) is 17.9 Å². The third-order valence-corrected chi connectivity index (χ3v) is 5.42. The Morgan fingerprint density at radius 1 is 0.905 bits per heavy atom. The standard InChI is InChI=1S/C16H27N3O2/c20-15(12-4-1-5-12)17-8-3-9-18-16(21)19-10-13-6-2-7-14(13)11-19/h12-14H,1-11H2,(H,17,20)(H,18,21)/t13-,14-/m1/s1. The van der Waals surface area contributed by atoms with E-state index < -0.39 is 0 Å². The fourth-order valence-corrected chi connectivity index (χ4v) is 3.82. The van der Waals surface area contributed by atoms with E-state index in [2.05, 4.69) is 10.6 Å². The molecule has 2 N–H and O–H groups in total. The van der Waals surface area contributed by atoms with Crippen molar-refractivity contribution in [3.8, 4) is 0 Å². The normalized spacial score (nSPS) is 28.1. The van der Waals surface area contributed by atoms with E-state index in [1.54, 1.807) is 0 Å². The number of likely N-dealkylation sites (tertiary alicyclic amines) is 1. The number of nitrogens with one attached hydrogen (secondary N) is 2. The average molecular weight is 293 g/mol. The maximum Gasteiger partial charge on any atom is 0.317 e. The Balaban J connectivity index is 1.25. The summed E-state index contributed by atoms with van der Waals surface area (Å²) in [5.74, 6) is 1.94. The van der Waals surface area contributed by atoms with Gasteiger partial charge in [-0.25, -0.2) is 4.79 Å². The van der Waals surface area contributed by atoms with Crippen LogP contribution >= 0.6 is 0 Å². The first kappa shape index (κ1) is 14.7. The van der Waals surface area contributed by atoms with Gasteiger partial charge in [0, 0.05) is 32.1 Å². The van der Waals surface area contributed by atoms with Crippen LogP contribution in [0, 0.1) is 17.8 Å². The summed E-state index contributed by atoms with van der Waals surface area (Å²) in [5.41, 5.74) is 0. The first-order valence-corrected chi connectivity index (χ1v) is 8.54. The summed E-state index contributed by atoms with van der Waals surface area (Å²) >= 11 is 0. The van der Waals surface area contributed by atoms with E-state index in [1.807, 2.05) is 4.90 Å². The van der Waals surface area contributed by atoms with Crippen molar-refractivity contribution in [1.82, 2.24) is 15.5 Å². The molecular weight excluding hydrogens is 266 g/mol. The molecule has 0 aromatic heterocycles. The van der Waals surface area contributed by atoms with Crippen LogP contribution in [0.25, 0.3) is 0 Å². The van der Waals surface area contributed by atoms with Crippen LogP contribution in [0.3, 0.4) is 0 Å². The van der Waals surface area contributed by atoms with Gasteiger partial charge in [-0.3, -0.25) is 4.79 Å². The summed E-state index contributed by atoms with van der Waals surface area (Å²) < 4.78 is 0. The summed E-state index contributed by atoms with van der Waals surface area (Å²) in [6.07, 6.45) is 8.01. The molecule has 0 unspecified atom stereocenters. The maximum absolute atomic E-state index is 12.1. The number of amides is 3. The van der Waals surface area contributed by atoms with Gasteiger partial charge in [-0.2, -0.15) is 0 Å². The summed E-state index contributed by atoms with van der Waals surface area (Å²) in [4.78, 5) is 25.7. The summed E-state index contributed by atoms with van der Waals surface area (Å²) in [6.45, 7) is 3.19. The fraction of sp³-hybridized carbons (Fsp3) is 0.875. The number of urea groups is 1. The van der Waals surface area contributed by atoms with Crippen LogP contribution in [-0.2, 0) is 4.79 Å². The van der Waals surface area contributed by atoms with Crippen LogP contribution in [0.2, 0.25) is 0 Å². The Morgan fingerprint density at radius 2 is 1.52 bits per heavy atom. The number of fused-ring (bicyclic) bond motifs is 1. The number of hydrogen-bond acceptors (Lipinski definition) is 2. The molecule has 0 radical (unpaired) electrons. The van der Waals surface area contributed by atoms with Crippen LogP contribution in [-0.4, -0.2) is 43.0 Å². The highest BCUT2D eigenvalue weighted by Crippen LogP contribution is 2.37. The number of nitrogens with zero attached hydrogens (tertiary/aromatic N) is 1. The minimum Gasteiger partial charge on any atom is -0.356 e. The molecule has 2 atom stereocenters. The highest BCUT2D eigenvalue weighted by atomic mass is 16.2. The zero-order valence-electron chi connectivity index (χ0n) is 12.8. The largest absolute Gasteiger partial charge is 0.356 e. The van der Waals surface area contributed by atoms with Crippen LogP contribution < -0.4 is 10.6 Å². The maximum atomic E-state index is 12.1. The second-order valence-electron chi connectivity index (χ2n) is 6.86. The van der Waals surface area contributed by atoms with Gasteiger partial charge in [0.1, 0.15) is 0 Å². The van der Waals surface area contributed by atoms with Crippen molar-refractivity contribution < 1.29 is 9.59 Å². The van der Waals surface area contributed by atoms with Crippen LogP contribution in [0.1, 0.15) is 44.9 Å². The number of rotatable bonds is 5. The Bertz CT molecular complexity index is 383. The molecule has 1 aliphatic heterocycles. The van der Waals surface area contributed by atoms with Crippen LogP contribution in [0.4, 0.5) is 4.79 Å². The molecule has 0 aromatic rings. The minimum atomic E-state index is 0.0784. The smallest absolute Gasteiger partial charge is 0.317 e. The van der Waals surface area contributed by atoms with Crippen molar-refractivity contribution in [3.05, 3.63) is 0 Å². The highest BCUT2D eigenvalue weighted by Gasteiger charge is 2.37. The van der Waals surface area contributed by atoms with Crippen molar-refractivity contribution in [2.75, 3.05) is 26.2 Å². The molecule has 5 heteroatoms. The quantitative estimate of drug-likeness (QED) is 0.758. The highest BCUT2D eigenvalue weighted by molar-refractivity contribution is 5.79. The molecule has 1 heterocycles. The van der Waals surface area contributed by atoms with Gasteiger partial charge >= 0.3 is 6.03 Å². The summed E-state index contributed by atoms with van der Waals surface area (Å²) in [6, 6.07) is 0.0784. The number of carbonyl (C=O) groups is 2. The van der Waals surface area contributed by atoms with Gasteiger partial charge in [0.2, 0.25) is 5.91 Å². The molecular formula is C16H27N3O2. The lowest BCUT2D eigenvalue weighted by atomic mass is 9.85. The topological polar surface area (TPSA) is 61.4 Å². The predicted molar refractivity (Wildman–Crippen MR) is 80.8 cm³/mol. The molecule has 5 nitrogen and oxygen atoms in total. The minimum absolute atomic E-state index is 0.0784. The van der Waals surface area contributed by atoms with E-state index in [0.29, 0.717) is 13.1 Å². The van der Waals surface area contributed by atoms with Crippen molar-refractivity contribution in [1.29, 1.82) is 0 Å². The molecule has 3 aliphatic rings. The molecule has 2 saturated carbocycles. The van der Waals surface area contributed by atoms with Crippen LogP contribution in [0.15, 0.2) is 0 Å². The number of carbonyl (C=O) groups excluding carboxylic acids is 2. The summed E-state index contributed by atoms with van der Waals surface area (Å²) in [5, 5.41) is 5.94. The molecule has 0 aromatic carbocycles. The SMILES string of the molecule is O=C(NCCCNC(=O)N1C[C@H]2CCC[C@@H]2C1)C1CCC1. The van der Waals surface area contributed by atoms with Crippen molar-refractivity contribution in [3.63, 3.8) is 0 Å². The van der Waals surface area contributed by atoms with Gasteiger partial charge in [0.25, 0.3) is 0 Å². The van der Waals surface area contributed by atoms with Crippen molar-refractivity contribution >= 4 is 11.9 Å². The third kappa shape index (κ3) is 3.50. The fourth-order valence-electron chi connectivity index (χ4n) is 3.82. The van der Waals surface area contributed by atoms with E-state index in [4.69, 9.17) is 0 Å². The van der Waals surface area contributed by atoms with E-state index >= 15 is 0 Å². The Hall–Kier alpha value is -1.26. The second kappa shape index (κ2) is 6.67. The predicted octanol–water partition coefficient (Wildman–Crippen LogP) is 1.73. The first-order valence-electron chi connectivity index (χ1n) is 8.54. The molecule has 3 fully saturated rings. The Morgan fingerprint density at radius 3 is 2.14 bits per heavy atom. The number of hydrogen-bond donors (Lipinski definition) is 2. The lowest BCUT2D eigenvalue weighted by Crippen LogP contribution is -2.40. The monoisotopic (exact) mass is 293 g/mol. The Labute approximate surface area is 126 Å². The molecule has 3 rings (SSSR count). The van der Waals surface area contributed by atoms with Crippen molar-refractivity contribution in [2.24, 2.45) is 17.8 Å². The van der Waals surface area contributed by atoms with Gasteiger partial charge in [-0.1, -0.05) is 12.8 Å². The molecule has 0 bridgehead atoms. The van der Waals surface area contributed by atoms with Crippen LogP contribution in [0.5, 0.6) is 0 Å². The van der Waals surface area contributed by atoms with E-state index in [9.17, 15) is 9.59 Å². The zero-order chi connectivity index (χ0) is 14.7. The van der Waals surface area contributed by atoms with Gasteiger partial charge in [0.15, 0.2) is 0 Å². The van der Waals surface area contributed by atoms with Crippen molar-refractivity contribution in [2.45, 2.75) is 44.9 Å². The third-order valence-electron chi connectivity index (χ3n) is 5.42.